The molecule has 2 aromatic rings. The lowest BCUT2D eigenvalue weighted by molar-refractivity contribution is -0.137. The first-order valence-corrected chi connectivity index (χ1v) is 7.09. The van der Waals surface area contributed by atoms with Crippen LogP contribution in [0.5, 0.6) is 0 Å². The zero-order valence-corrected chi connectivity index (χ0v) is 12.2. The van der Waals surface area contributed by atoms with Gasteiger partial charge in [-0.15, -0.1) is 11.3 Å². The first-order chi connectivity index (χ1) is 9.50. The number of amides is 2. The van der Waals surface area contributed by atoms with E-state index in [4.69, 9.17) is 5.73 Å². The van der Waals surface area contributed by atoms with Crippen LogP contribution in [0.4, 0.5) is 0 Å². The molecular weight excluding hydrogens is 274 g/mol. The first-order valence-electron chi connectivity index (χ1n) is 6.21. The summed E-state index contributed by atoms with van der Waals surface area (Å²) in [6.07, 6.45) is 0. The quantitative estimate of drug-likeness (QED) is 0.828. The summed E-state index contributed by atoms with van der Waals surface area (Å²) in [5.41, 5.74) is 6.08. The zero-order chi connectivity index (χ0) is 14.7. The number of thiophene rings is 1. The minimum Gasteiger partial charge on any atom is -0.361 e. The van der Waals surface area contributed by atoms with Crippen molar-refractivity contribution in [2.24, 2.45) is 5.73 Å². The third-order valence-corrected chi connectivity index (χ3v) is 4.15. The molecule has 2 amide bonds. The maximum Gasteiger partial charge on any atom is 0.309 e. The van der Waals surface area contributed by atoms with Gasteiger partial charge >= 0.3 is 11.8 Å². The van der Waals surface area contributed by atoms with Crippen molar-refractivity contribution in [3.05, 3.63) is 35.2 Å². The van der Waals surface area contributed by atoms with Gasteiger partial charge in [-0.1, -0.05) is 18.2 Å². The van der Waals surface area contributed by atoms with Gasteiger partial charge in [0.15, 0.2) is 0 Å². The molecule has 0 saturated heterocycles. The van der Waals surface area contributed by atoms with Gasteiger partial charge in [0.25, 0.3) is 0 Å². The van der Waals surface area contributed by atoms with Crippen LogP contribution in [0.1, 0.15) is 11.6 Å². The molecular formula is C14H17N3O2S. The van der Waals surface area contributed by atoms with Crippen LogP contribution in [-0.4, -0.2) is 37.4 Å². The normalized spacial score (nSPS) is 12.6. The summed E-state index contributed by atoms with van der Waals surface area (Å²) >= 11 is 1.67. The number of nitrogens with one attached hydrogen (secondary N) is 1. The summed E-state index contributed by atoms with van der Waals surface area (Å²) in [4.78, 5) is 24.1. The summed E-state index contributed by atoms with van der Waals surface area (Å²) in [5, 5.41) is 5.83. The van der Waals surface area contributed by atoms with Crippen LogP contribution in [0.25, 0.3) is 10.1 Å². The Kier molecular flexibility index (Phi) is 4.36. The zero-order valence-electron chi connectivity index (χ0n) is 11.4. The van der Waals surface area contributed by atoms with Crippen LogP contribution in [0, 0.1) is 0 Å². The van der Waals surface area contributed by atoms with Crippen molar-refractivity contribution in [1.29, 1.82) is 0 Å². The van der Waals surface area contributed by atoms with Crippen LogP contribution >= 0.6 is 11.3 Å². The molecule has 2 rings (SSSR count). The number of carbonyl (C=O) groups excluding carboxylic acids is 2. The van der Waals surface area contributed by atoms with E-state index in [-0.39, 0.29) is 6.04 Å². The summed E-state index contributed by atoms with van der Waals surface area (Å²) in [7, 11) is 3.88. The largest absolute Gasteiger partial charge is 0.361 e. The molecule has 0 radical (unpaired) electrons. The highest BCUT2D eigenvalue weighted by atomic mass is 32.1. The Labute approximate surface area is 121 Å². The van der Waals surface area contributed by atoms with Gasteiger partial charge in [0.2, 0.25) is 0 Å². The topological polar surface area (TPSA) is 75.4 Å². The fraction of sp³-hybridized carbons (Fsp3) is 0.286. The monoisotopic (exact) mass is 291 g/mol. The fourth-order valence-electron chi connectivity index (χ4n) is 2.10. The number of likely N-dealkylation sites (N-methyl/N-ethyl adjacent to an activating group) is 1. The van der Waals surface area contributed by atoms with E-state index in [1.165, 1.54) is 10.1 Å². The van der Waals surface area contributed by atoms with E-state index in [2.05, 4.69) is 22.8 Å². The van der Waals surface area contributed by atoms with E-state index < -0.39 is 11.8 Å². The molecule has 0 aliphatic heterocycles. The minimum absolute atomic E-state index is 0.00514. The highest BCUT2D eigenvalue weighted by Crippen LogP contribution is 2.31. The Morgan fingerprint density at radius 1 is 1.35 bits per heavy atom. The minimum atomic E-state index is -0.960. The number of rotatable bonds is 4. The first kappa shape index (κ1) is 14.5. The van der Waals surface area contributed by atoms with Crippen molar-refractivity contribution >= 4 is 33.2 Å². The number of benzene rings is 1. The van der Waals surface area contributed by atoms with E-state index in [0.717, 1.165) is 5.56 Å². The molecule has 1 aromatic carbocycles. The van der Waals surface area contributed by atoms with Gasteiger partial charge in [-0.2, -0.15) is 0 Å². The van der Waals surface area contributed by atoms with Gasteiger partial charge in [0.05, 0.1) is 6.04 Å². The van der Waals surface area contributed by atoms with Crippen molar-refractivity contribution in [3.63, 3.8) is 0 Å². The summed E-state index contributed by atoms with van der Waals surface area (Å²) < 4.78 is 1.20. The SMILES string of the molecule is CN(C)C(CNC(=O)C(N)=O)c1csc2ccccc12. The summed E-state index contributed by atoms with van der Waals surface area (Å²) in [6, 6.07) is 8.12. The molecule has 1 heterocycles. The predicted molar refractivity (Wildman–Crippen MR) is 80.5 cm³/mol. The van der Waals surface area contributed by atoms with Crippen molar-refractivity contribution in [3.8, 4) is 0 Å². The second-order valence-corrected chi connectivity index (χ2v) is 5.65. The number of primary amides is 1. The summed E-state index contributed by atoms with van der Waals surface area (Å²) in [5.74, 6) is -1.71. The molecule has 0 aliphatic carbocycles. The van der Waals surface area contributed by atoms with Crippen molar-refractivity contribution < 1.29 is 9.59 Å². The molecule has 3 N–H and O–H groups in total. The molecule has 0 spiro atoms. The van der Waals surface area contributed by atoms with Gasteiger partial charge in [-0.05, 0) is 36.5 Å². The van der Waals surface area contributed by atoms with Gasteiger partial charge in [0.1, 0.15) is 0 Å². The Morgan fingerprint density at radius 3 is 2.70 bits per heavy atom. The molecule has 6 heteroatoms. The average molecular weight is 291 g/mol. The lowest BCUT2D eigenvalue weighted by atomic mass is 10.0. The number of carbonyl (C=O) groups is 2. The molecule has 5 nitrogen and oxygen atoms in total. The number of hydrogen-bond donors (Lipinski definition) is 2. The van der Waals surface area contributed by atoms with Gasteiger partial charge < -0.3 is 16.0 Å². The summed E-state index contributed by atoms with van der Waals surface area (Å²) in [6.45, 7) is 0.343. The van der Waals surface area contributed by atoms with Crippen LogP contribution in [0.15, 0.2) is 29.6 Å². The van der Waals surface area contributed by atoms with Gasteiger partial charge in [-0.25, -0.2) is 0 Å². The molecule has 0 fully saturated rings. The number of fused-ring (bicyclic) bond motifs is 1. The van der Waals surface area contributed by atoms with Crippen LogP contribution < -0.4 is 11.1 Å². The van der Waals surface area contributed by atoms with Crippen molar-refractivity contribution in [2.75, 3.05) is 20.6 Å². The molecule has 20 heavy (non-hydrogen) atoms. The molecule has 0 aliphatic rings. The van der Waals surface area contributed by atoms with Crippen LogP contribution in [0.2, 0.25) is 0 Å². The third kappa shape index (κ3) is 2.97. The highest BCUT2D eigenvalue weighted by molar-refractivity contribution is 7.17. The molecule has 1 unspecified atom stereocenters. The van der Waals surface area contributed by atoms with Crippen LogP contribution in [-0.2, 0) is 9.59 Å². The molecule has 1 aromatic heterocycles. The molecule has 1 atom stereocenters. The Bertz CT molecular complexity index is 636. The molecule has 0 bridgehead atoms. The Morgan fingerprint density at radius 2 is 2.05 bits per heavy atom. The lowest BCUT2D eigenvalue weighted by Gasteiger charge is -2.24. The second kappa shape index (κ2) is 6.02. The number of hydrogen-bond acceptors (Lipinski definition) is 4. The van der Waals surface area contributed by atoms with E-state index >= 15 is 0 Å². The smallest absolute Gasteiger partial charge is 0.309 e. The Balaban J connectivity index is 2.25. The van der Waals surface area contributed by atoms with Gasteiger partial charge in [0, 0.05) is 11.2 Å². The van der Waals surface area contributed by atoms with E-state index in [1.807, 2.05) is 31.1 Å². The van der Waals surface area contributed by atoms with E-state index in [0.29, 0.717) is 6.54 Å². The second-order valence-electron chi connectivity index (χ2n) is 4.74. The lowest BCUT2D eigenvalue weighted by Crippen LogP contribution is -2.40. The predicted octanol–water partition coefficient (Wildman–Crippen LogP) is 1.11. The number of nitrogens with zero attached hydrogens (tertiary/aromatic N) is 1. The molecule has 0 saturated carbocycles. The van der Waals surface area contributed by atoms with E-state index in [9.17, 15) is 9.59 Å². The third-order valence-electron chi connectivity index (χ3n) is 3.17. The standard InChI is InChI=1S/C14H17N3O2S/c1-17(2)11(7-16-14(19)13(15)18)10-8-20-12-6-4-3-5-9(10)12/h3-6,8,11H,7H2,1-2H3,(H2,15,18)(H,16,19). The van der Waals surface area contributed by atoms with Gasteiger partial charge in [-0.3, -0.25) is 9.59 Å². The molecule has 106 valence electrons. The maximum absolute atomic E-state index is 11.3. The van der Waals surface area contributed by atoms with E-state index in [1.54, 1.807) is 11.3 Å². The Hall–Kier alpha value is -1.92. The average Bonchev–Trinajstić information content (AvgIpc) is 2.82. The fourth-order valence-corrected chi connectivity index (χ4v) is 3.11. The maximum atomic E-state index is 11.3. The number of nitrogens with two attached hydrogens (primary N) is 1. The van der Waals surface area contributed by atoms with Crippen molar-refractivity contribution in [2.45, 2.75) is 6.04 Å². The van der Waals surface area contributed by atoms with Crippen LogP contribution in [0.3, 0.4) is 0 Å². The highest BCUT2D eigenvalue weighted by Gasteiger charge is 2.20. The van der Waals surface area contributed by atoms with Crippen molar-refractivity contribution in [1.82, 2.24) is 10.2 Å².